The van der Waals surface area contributed by atoms with Gasteiger partial charge in [0.25, 0.3) is 5.91 Å². The lowest BCUT2D eigenvalue weighted by atomic mass is 10.1. The predicted octanol–water partition coefficient (Wildman–Crippen LogP) is 4.37. The van der Waals surface area contributed by atoms with Crippen LogP contribution in [0.3, 0.4) is 0 Å². The van der Waals surface area contributed by atoms with Gasteiger partial charge in [-0.3, -0.25) is 4.79 Å². The van der Waals surface area contributed by atoms with E-state index >= 15 is 0 Å². The quantitative estimate of drug-likeness (QED) is 0.800. The lowest BCUT2D eigenvalue weighted by Crippen LogP contribution is -2.14. The molecule has 5 nitrogen and oxygen atoms in total. The standard InChI is InChI=1S/C16H16Cl2N2O3/c1-4-23-16(22)14-8(2)13(9(3)19-14)15(21)20-10-5-6-11(17)12(18)7-10/h5-7,19H,4H2,1-3H3,(H,20,21). The summed E-state index contributed by atoms with van der Waals surface area (Å²) in [5.74, 6) is -0.827. The van der Waals surface area contributed by atoms with Crippen LogP contribution in [0, 0.1) is 13.8 Å². The van der Waals surface area contributed by atoms with Crippen LogP contribution in [0.2, 0.25) is 10.0 Å². The Morgan fingerprint density at radius 3 is 2.52 bits per heavy atom. The molecule has 7 heteroatoms. The van der Waals surface area contributed by atoms with Crippen molar-refractivity contribution in [2.45, 2.75) is 20.8 Å². The molecule has 1 aromatic heterocycles. The van der Waals surface area contributed by atoms with E-state index in [0.717, 1.165) is 0 Å². The fourth-order valence-electron chi connectivity index (χ4n) is 2.27. The van der Waals surface area contributed by atoms with Crippen LogP contribution < -0.4 is 5.32 Å². The van der Waals surface area contributed by atoms with Crippen molar-refractivity contribution in [3.05, 3.63) is 50.8 Å². The van der Waals surface area contributed by atoms with Crippen molar-refractivity contribution in [1.82, 2.24) is 4.98 Å². The van der Waals surface area contributed by atoms with E-state index in [-0.39, 0.29) is 18.2 Å². The molecule has 0 saturated heterocycles. The maximum Gasteiger partial charge on any atom is 0.355 e. The first-order valence-electron chi connectivity index (χ1n) is 6.97. The number of esters is 1. The molecule has 0 aliphatic carbocycles. The molecule has 122 valence electrons. The number of nitrogens with one attached hydrogen (secondary N) is 2. The average Bonchev–Trinajstić information content (AvgIpc) is 2.78. The summed E-state index contributed by atoms with van der Waals surface area (Å²) in [7, 11) is 0. The Bertz CT molecular complexity index is 769. The molecule has 2 N–H and O–H groups in total. The third kappa shape index (κ3) is 3.68. The molecule has 0 saturated carbocycles. The molecule has 0 atom stereocenters. The summed E-state index contributed by atoms with van der Waals surface area (Å²) in [5, 5.41) is 3.49. The van der Waals surface area contributed by atoms with Crippen molar-refractivity contribution in [2.24, 2.45) is 0 Å². The Labute approximate surface area is 143 Å². The second-order valence-electron chi connectivity index (χ2n) is 4.93. The van der Waals surface area contributed by atoms with Gasteiger partial charge in [-0.1, -0.05) is 23.2 Å². The normalized spacial score (nSPS) is 10.5. The molecule has 0 spiro atoms. The summed E-state index contributed by atoms with van der Waals surface area (Å²) in [5.41, 5.74) is 2.33. The maximum absolute atomic E-state index is 12.5. The summed E-state index contributed by atoms with van der Waals surface area (Å²) >= 11 is 11.8. The molecule has 0 aliphatic heterocycles. The second-order valence-corrected chi connectivity index (χ2v) is 5.74. The summed E-state index contributed by atoms with van der Waals surface area (Å²) in [6, 6.07) is 4.81. The number of carbonyl (C=O) groups excluding carboxylic acids is 2. The molecule has 1 heterocycles. The number of H-pyrrole nitrogens is 1. The van der Waals surface area contributed by atoms with E-state index in [4.69, 9.17) is 27.9 Å². The summed E-state index contributed by atoms with van der Waals surface area (Å²) in [6.45, 7) is 5.40. The number of aryl methyl sites for hydroxylation is 1. The zero-order valence-electron chi connectivity index (χ0n) is 12.9. The van der Waals surface area contributed by atoms with Crippen molar-refractivity contribution >= 4 is 40.8 Å². The van der Waals surface area contributed by atoms with Gasteiger partial charge in [0.15, 0.2) is 0 Å². The van der Waals surface area contributed by atoms with Gasteiger partial charge >= 0.3 is 5.97 Å². The highest BCUT2D eigenvalue weighted by molar-refractivity contribution is 6.42. The number of hydrogen-bond acceptors (Lipinski definition) is 3. The third-order valence-corrected chi connectivity index (χ3v) is 4.06. The number of aromatic amines is 1. The lowest BCUT2D eigenvalue weighted by Gasteiger charge is -2.07. The van der Waals surface area contributed by atoms with Gasteiger partial charge in [-0.25, -0.2) is 4.79 Å². The SMILES string of the molecule is CCOC(=O)c1[nH]c(C)c(C(=O)Nc2ccc(Cl)c(Cl)c2)c1C. The first-order valence-corrected chi connectivity index (χ1v) is 7.73. The van der Waals surface area contributed by atoms with Crippen LogP contribution in [0.5, 0.6) is 0 Å². The van der Waals surface area contributed by atoms with Crippen LogP contribution in [0.25, 0.3) is 0 Å². The molecule has 0 unspecified atom stereocenters. The van der Waals surface area contributed by atoms with Crippen molar-refractivity contribution in [3.63, 3.8) is 0 Å². The third-order valence-electron chi connectivity index (χ3n) is 3.32. The first-order chi connectivity index (χ1) is 10.8. The topological polar surface area (TPSA) is 71.2 Å². The van der Waals surface area contributed by atoms with E-state index in [1.54, 1.807) is 39.0 Å². The van der Waals surface area contributed by atoms with Gasteiger partial charge in [-0.2, -0.15) is 0 Å². The van der Waals surface area contributed by atoms with Crippen LogP contribution in [-0.4, -0.2) is 23.5 Å². The molecule has 0 fully saturated rings. The van der Waals surface area contributed by atoms with Crippen molar-refractivity contribution in [3.8, 4) is 0 Å². The number of aromatic nitrogens is 1. The monoisotopic (exact) mass is 354 g/mol. The van der Waals surface area contributed by atoms with Crippen LogP contribution in [0.15, 0.2) is 18.2 Å². The number of hydrogen-bond donors (Lipinski definition) is 2. The summed E-state index contributed by atoms with van der Waals surface area (Å²) in [4.78, 5) is 27.3. The molecule has 2 aromatic rings. The van der Waals surface area contributed by atoms with Crippen LogP contribution in [0.1, 0.15) is 39.0 Å². The van der Waals surface area contributed by atoms with Crippen LogP contribution in [-0.2, 0) is 4.74 Å². The predicted molar refractivity (Wildman–Crippen MR) is 90.6 cm³/mol. The fourth-order valence-corrected chi connectivity index (χ4v) is 2.56. The number of carbonyl (C=O) groups is 2. The molecule has 2 rings (SSSR count). The highest BCUT2D eigenvalue weighted by Crippen LogP contribution is 2.26. The Hall–Kier alpha value is -1.98. The van der Waals surface area contributed by atoms with E-state index < -0.39 is 5.97 Å². The molecule has 1 amide bonds. The van der Waals surface area contributed by atoms with E-state index in [1.165, 1.54) is 0 Å². The number of ether oxygens (including phenoxy) is 1. The van der Waals surface area contributed by atoms with Crippen molar-refractivity contribution in [1.29, 1.82) is 0 Å². The fraction of sp³-hybridized carbons (Fsp3) is 0.250. The summed E-state index contributed by atoms with van der Waals surface area (Å²) < 4.78 is 4.97. The van der Waals surface area contributed by atoms with Gasteiger partial charge in [0.2, 0.25) is 0 Å². The number of rotatable bonds is 4. The Morgan fingerprint density at radius 2 is 1.91 bits per heavy atom. The van der Waals surface area contributed by atoms with Crippen molar-refractivity contribution < 1.29 is 14.3 Å². The van der Waals surface area contributed by atoms with Gasteiger partial charge in [0, 0.05) is 11.4 Å². The van der Waals surface area contributed by atoms with Gasteiger partial charge < -0.3 is 15.0 Å². The highest BCUT2D eigenvalue weighted by Gasteiger charge is 2.22. The van der Waals surface area contributed by atoms with Gasteiger partial charge in [-0.05, 0) is 44.5 Å². The van der Waals surface area contributed by atoms with E-state index in [2.05, 4.69) is 10.3 Å². The minimum absolute atomic E-state index is 0.265. The van der Waals surface area contributed by atoms with E-state index in [9.17, 15) is 9.59 Å². The minimum Gasteiger partial charge on any atom is -0.461 e. The largest absolute Gasteiger partial charge is 0.461 e. The first kappa shape index (κ1) is 17.4. The Morgan fingerprint density at radius 1 is 1.22 bits per heavy atom. The van der Waals surface area contributed by atoms with Crippen molar-refractivity contribution in [2.75, 3.05) is 11.9 Å². The minimum atomic E-state index is -0.485. The van der Waals surface area contributed by atoms with E-state index in [0.29, 0.717) is 32.6 Å². The van der Waals surface area contributed by atoms with Crippen LogP contribution >= 0.6 is 23.2 Å². The molecule has 0 aliphatic rings. The summed E-state index contributed by atoms with van der Waals surface area (Å²) in [6.07, 6.45) is 0. The molecule has 0 bridgehead atoms. The lowest BCUT2D eigenvalue weighted by molar-refractivity contribution is 0.0519. The smallest absolute Gasteiger partial charge is 0.355 e. The zero-order chi connectivity index (χ0) is 17.1. The molecule has 0 radical (unpaired) electrons. The van der Waals surface area contributed by atoms with E-state index in [1.807, 2.05) is 0 Å². The number of amides is 1. The zero-order valence-corrected chi connectivity index (χ0v) is 14.4. The Kier molecular flexibility index (Phi) is 5.34. The van der Waals surface area contributed by atoms with Crippen LogP contribution in [0.4, 0.5) is 5.69 Å². The van der Waals surface area contributed by atoms with Gasteiger partial charge in [-0.15, -0.1) is 0 Å². The molecule has 23 heavy (non-hydrogen) atoms. The van der Waals surface area contributed by atoms with Gasteiger partial charge in [0.1, 0.15) is 5.69 Å². The molecular weight excluding hydrogens is 339 g/mol. The molecular formula is C16H16Cl2N2O3. The number of halogens is 2. The second kappa shape index (κ2) is 7.06. The van der Waals surface area contributed by atoms with Gasteiger partial charge in [0.05, 0.1) is 22.2 Å². The highest BCUT2D eigenvalue weighted by atomic mass is 35.5. The maximum atomic E-state index is 12.5. The Balaban J connectivity index is 2.29. The number of benzene rings is 1. The number of anilines is 1. The average molecular weight is 355 g/mol. The molecule has 1 aromatic carbocycles.